The molecule has 0 aromatic carbocycles. The van der Waals surface area contributed by atoms with Crippen molar-refractivity contribution in [3.8, 4) is 0 Å². The quantitative estimate of drug-likeness (QED) is 0.745. The molecule has 142 valence electrons. The number of hydrogen-bond donors (Lipinski definition) is 0. The summed E-state index contributed by atoms with van der Waals surface area (Å²) in [4.78, 5) is 42.6. The zero-order valence-corrected chi connectivity index (χ0v) is 15.9. The van der Waals surface area contributed by atoms with E-state index in [1.54, 1.807) is 4.90 Å². The first-order valence-corrected chi connectivity index (χ1v) is 9.09. The monoisotopic (exact) mass is 353 g/mol. The van der Waals surface area contributed by atoms with Gasteiger partial charge in [-0.15, -0.1) is 0 Å². The van der Waals surface area contributed by atoms with Gasteiger partial charge in [0.1, 0.15) is 6.61 Å². The van der Waals surface area contributed by atoms with Crippen molar-refractivity contribution in [2.24, 2.45) is 11.3 Å². The SMILES string of the molecule is COCC(=O)N1CCN(C(=O)C2CCCN(C(=O)C(C)(C)C)C2)CC1. The van der Waals surface area contributed by atoms with E-state index < -0.39 is 5.41 Å². The lowest BCUT2D eigenvalue weighted by Crippen LogP contribution is -2.55. The Hall–Kier alpha value is -1.63. The third kappa shape index (κ3) is 4.93. The summed E-state index contributed by atoms with van der Waals surface area (Å²) in [5, 5.41) is 0. The molecule has 0 aromatic heterocycles. The van der Waals surface area contributed by atoms with E-state index in [4.69, 9.17) is 4.74 Å². The van der Waals surface area contributed by atoms with Crippen LogP contribution in [-0.2, 0) is 19.1 Å². The number of hydrogen-bond acceptors (Lipinski definition) is 4. The van der Waals surface area contributed by atoms with Crippen molar-refractivity contribution >= 4 is 17.7 Å². The standard InChI is InChI=1S/C18H31N3O4/c1-18(2,3)17(24)21-7-5-6-14(12-21)16(23)20-10-8-19(9-11-20)15(22)13-25-4/h14H,5-13H2,1-4H3. The maximum atomic E-state index is 12.8. The summed E-state index contributed by atoms with van der Waals surface area (Å²) in [5.74, 6) is 0.0701. The number of amides is 3. The first-order chi connectivity index (χ1) is 11.7. The number of carbonyl (C=O) groups excluding carboxylic acids is 3. The normalized spacial score (nSPS) is 22.1. The maximum absolute atomic E-state index is 12.8. The van der Waals surface area contributed by atoms with E-state index in [2.05, 4.69) is 0 Å². The summed E-state index contributed by atoms with van der Waals surface area (Å²) >= 11 is 0. The van der Waals surface area contributed by atoms with Crippen molar-refractivity contribution in [1.29, 1.82) is 0 Å². The van der Waals surface area contributed by atoms with Gasteiger partial charge >= 0.3 is 0 Å². The lowest BCUT2D eigenvalue weighted by Gasteiger charge is -2.40. The summed E-state index contributed by atoms with van der Waals surface area (Å²) in [5.41, 5.74) is -0.418. The van der Waals surface area contributed by atoms with Crippen molar-refractivity contribution in [2.75, 3.05) is 53.0 Å². The van der Waals surface area contributed by atoms with Crippen LogP contribution in [0.3, 0.4) is 0 Å². The van der Waals surface area contributed by atoms with Crippen LogP contribution in [0.15, 0.2) is 0 Å². The van der Waals surface area contributed by atoms with Crippen LogP contribution in [0, 0.1) is 11.3 Å². The highest BCUT2D eigenvalue weighted by atomic mass is 16.5. The van der Waals surface area contributed by atoms with Gasteiger partial charge in [0, 0.05) is 51.8 Å². The number of nitrogens with zero attached hydrogens (tertiary/aromatic N) is 3. The van der Waals surface area contributed by atoms with E-state index >= 15 is 0 Å². The summed E-state index contributed by atoms with van der Waals surface area (Å²) in [7, 11) is 1.51. The van der Waals surface area contributed by atoms with E-state index in [1.807, 2.05) is 30.6 Å². The molecule has 0 N–H and O–H groups in total. The Morgan fingerprint density at radius 3 is 2.12 bits per heavy atom. The lowest BCUT2D eigenvalue weighted by atomic mass is 9.90. The second-order valence-electron chi connectivity index (χ2n) is 7.98. The molecule has 2 saturated heterocycles. The molecule has 0 bridgehead atoms. The van der Waals surface area contributed by atoms with Crippen molar-refractivity contribution in [1.82, 2.24) is 14.7 Å². The molecule has 25 heavy (non-hydrogen) atoms. The van der Waals surface area contributed by atoms with E-state index in [0.29, 0.717) is 32.7 Å². The van der Waals surface area contributed by atoms with Gasteiger partial charge in [-0.3, -0.25) is 14.4 Å². The van der Waals surface area contributed by atoms with Gasteiger partial charge in [0.2, 0.25) is 17.7 Å². The predicted molar refractivity (Wildman–Crippen MR) is 93.8 cm³/mol. The smallest absolute Gasteiger partial charge is 0.248 e. The highest BCUT2D eigenvalue weighted by Crippen LogP contribution is 2.25. The van der Waals surface area contributed by atoms with Gasteiger partial charge in [0.25, 0.3) is 0 Å². The van der Waals surface area contributed by atoms with Gasteiger partial charge in [0.15, 0.2) is 0 Å². The summed E-state index contributed by atoms with van der Waals surface area (Å²) in [6.45, 7) is 9.27. The lowest BCUT2D eigenvalue weighted by molar-refractivity contribution is -0.148. The molecule has 2 aliphatic rings. The molecular weight excluding hydrogens is 322 g/mol. The van der Waals surface area contributed by atoms with E-state index in [-0.39, 0.29) is 30.2 Å². The Balaban J connectivity index is 1.89. The van der Waals surface area contributed by atoms with Crippen LogP contribution in [0.1, 0.15) is 33.6 Å². The van der Waals surface area contributed by atoms with E-state index in [0.717, 1.165) is 19.4 Å². The fraction of sp³-hybridized carbons (Fsp3) is 0.833. The minimum Gasteiger partial charge on any atom is -0.375 e. The van der Waals surface area contributed by atoms with Gasteiger partial charge in [-0.25, -0.2) is 0 Å². The number of piperidine rings is 1. The average Bonchev–Trinajstić information content (AvgIpc) is 2.60. The Morgan fingerprint density at radius 2 is 1.56 bits per heavy atom. The van der Waals surface area contributed by atoms with E-state index in [9.17, 15) is 14.4 Å². The average molecular weight is 353 g/mol. The number of piperazine rings is 1. The zero-order valence-electron chi connectivity index (χ0n) is 15.9. The van der Waals surface area contributed by atoms with Gasteiger partial charge in [0.05, 0.1) is 5.92 Å². The third-order valence-corrected chi connectivity index (χ3v) is 4.91. The number of likely N-dealkylation sites (tertiary alicyclic amines) is 1. The molecule has 2 rings (SSSR count). The van der Waals surface area contributed by atoms with Gasteiger partial charge < -0.3 is 19.4 Å². The molecule has 0 aliphatic carbocycles. The summed E-state index contributed by atoms with van der Waals surface area (Å²) < 4.78 is 4.88. The molecular formula is C18H31N3O4. The number of rotatable bonds is 3. The maximum Gasteiger partial charge on any atom is 0.248 e. The van der Waals surface area contributed by atoms with Crippen molar-refractivity contribution < 1.29 is 19.1 Å². The van der Waals surface area contributed by atoms with Crippen molar-refractivity contribution in [3.05, 3.63) is 0 Å². The highest BCUT2D eigenvalue weighted by Gasteiger charge is 2.35. The fourth-order valence-corrected chi connectivity index (χ4v) is 3.49. The summed E-state index contributed by atoms with van der Waals surface area (Å²) in [6.07, 6.45) is 1.69. The molecule has 1 unspecified atom stereocenters. The van der Waals surface area contributed by atoms with Gasteiger partial charge in [-0.2, -0.15) is 0 Å². The van der Waals surface area contributed by atoms with E-state index in [1.165, 1.54) is 7.11 Å². The number of ether oxygens (including phenoxy) is 1. The van der Waals surface area contributed by atoms with Crippen LogP contribution >= 0.6 is 0 Å². The van der Waals surface area contributed by atoms with Crippen LogP contribution < -0.4 is 0 Å². The molecule has 2 heterocycles. The largest absolute Gasteiger partial charge is 0.375 e. The Kier molecular flexibility index (Phi) is 6.43. The molecule has 0 saturated carbocycles. The van der Waals surface area contributed by atoms with Crippen molar-refractivity contribution in [2.45, 2.75) is 33.6 Å². The Morgan fingerprint density at radius 1 is 0.960 bits per heavy atom. The minimum absolute atomic E-state index is 0.0331. The predicted octanol–water partition coefficient (Wildman–Crippen LogP) is 0.588. The topological polar surface area (TPSA) is 70.2 Å². The molecule has 0 aromatic rings. The molecule has 1 atom stereocenters. The van der Waals surface area contributed by atoms with Crippen LogP contribution in [0.4, 0.5) is 0 Å². The minimum atomic E-state index is -0.418. The summed E-state index contributed by atoms with van der Waals surface area (Å²) in [6, 6.07) is 0. The molecule has 7 nitrogen and oxygen atoms in total. The molecule has 0 radical (unpaired) electrons. The van der Waals surface area contributed by atoms with Gasteiger partial charge in [-0.1, -0.05) is 20.8 Å². The second kappa shape index (κ2) is 8.17. The van der Waals surface area contributed by atoms with Crippen molar-refractivity contribution in [3.63, 3.8) is 0 Å². The Labute approximate surface area is 150 Å². The van der Waals surface area contributed by atoms with Crippen LogP contribution in [0.5, 0.6) is 0 Å². The van der Waals surface area contributed by atoms with Gasteiger partial charge in [-0.05, 0) is 12.8 Å². The highest BCUT2D eigenvalue weighted by molar-refractivity contribution is 5.84. The second-order valence-corrected chi connectivity index (χ2v) is 7.98. The molecule has 0 spiro atoms. The molecule has 2 aliphatic heterocycles. The van der Waals surface area contributed by atoms with Crippen LogP contribution in [0.25, 0.3) is 0 Å². The molecule has 2 fully saturated rings. The van der Waals surface area contributed by atoms with Crippen LogP contribution in [0.2, 0.25) is 0 Å². The number of methoxy groups -OCH3 is 1. The fourth-order valence-electron chi connectivity index (χ4n) is 3.49. The van der Waals surface area contributed by atoms with Crippen LogP contribution in [-0.4, -0.2) is 85.4 Å². The molecule has 7 heteroatoms. The Bertz CT molecular complexity index is 507. The third-order valence-electron chi connectivity index (χ3n) is 4.91. The molecule has 3 amide bonds. The first-order valence-electron chi connectivity index (χ1n) is 9.09. The number of carbonyl (C=O) groups is 3. The zero-order chi connectivity index (χ0) is 18.6. The first kappa shape index (κ1) is 19.7.